The third-order valence-electron chi connectivity index (χ3n) is 3.87. The highest BCUT2D eigenvalue weighted by molar-refractivity contribution is 9.10. The average molecular weight is 330 g/mol. The van der Waals surface area contributed by atoms with Crippen molar-refractivity contribution in [1.29, 1.82) is 0 Å². The van der Waals surface area contributed by atoms with Gasteiger partial charge in [-0.15, -0.1) is 0 Å². The zero-order valence-corrected chi connectivity index (χ0v) is 13.0. The zero-order valence-electron chi connectivity index (χ0n) is 11.5. The molecular formula is C15H21BrFNO. The van der Waals surface area contributed by atoms with Crippen LogP contribution in [0, 0.1) is 11.7 Å². The maximum Gasteiger partial charge on any atom is 0.124 e. The minimum Gasteiger partial charge on any atom is -0.378 e. The summed E-state index contributed by atoms with van der Waals surface area (Å²) in [7, 11) is 0. The summed E-state index contributed by atoms with van der Waals surface area (Å²) in [6.45, 7) is 6.04. The lowest BCUT2D eigenvalue weighted by Crippen LogP contribution is -2.40. The Hall–Kier alpha value is -0.450. The molecular weight excluding hydrogens is 309 g/mol. The third-order valence-corrected chi connectivity index (χ3v) is 4.61. The normalized spacial score (nSPS) is 24.6. The van der Waals surface area contributed by atoms with Crippen LogP contribution in [0.1, 0.15) is 25.8 Å². The summed E-state index contributed by atoms with van der Waals surface area (Å²) in [5, 5.41) is 3.55. The van der Waals surface area contributed by atoms with E-state index >= 15 is 0 Å². The number of benzene rings is 1. The van der Waals surface area contributed by atoms with Gasteiger partial charge in [0.1, 0.15) is 5.82 Å². The first-order chi connectivity index (χ1) is 9.11. The molecule has 1 fully saturated rings. The summed E-state index contributed by atoms with van der Waals surface area (Å²) >= 11 is 3.45. The smallest absolute Gasteiger partial charge is 0.124 e. The van der Waals surface area contributed by atoms with E-state index in [1.54, 1.807) is 0 Å². The molecule has 0 bridgehead atoms. The fraction of sp³-hybridized carbons (Fsp3) is 0.600. The molecule has 1 aromatic rings. The van der Waals surface area contributed by atoms with Crippen LogP contribution in [0.5, 0.6) is 0 Å². The molecule has 1 aliphatic heterocycles. The molecule has 0 amide bonds. The van der Waals surface area contributed by atoms with E-state index in [1.807, 2.05) is 6.07 Å². The predicted octanol–water partition coefficient (Wildman–Crippen LogP) is 3.53. The molecule has 1 aliphatic rings. The van der Waals surface area contributed by atoms with Crippen LogP contribution in [0.3, 0.4) is 0 Å². The van der Waals surface area contributed by atoms with Gasteiger partial charge in [-0.1, -0.05) is 28.9 Å². The zero-order chi connectivity index (χ0) is 13.8. The summed E-state index contributed by atoms with van der Waals surface area (Å²) in [6, 6.07) is 5.30. The van der Waals surface area contributed by atoms with Gasteiger partial charge in [0.05, 0.1) is 6.10 Å². The van der Waals surface area contributed by atoms with Gasteiger partial charge >= 0.3 is 0 Å². The molecule has 1 saturated heterocycles. The second-order valence-corrected chi connectivity index (χ2v) is 5.99. The van der Waals surface area contributed by atoms with Crippen LogP contribution in [0.2, 0.25) is 0 Å². The Balaban J connectivity index is 2.11. The first kappa shape index (κ1) is 14.9. The Labute approximate surface area is 122 Å². The van der Waals surface area contributed by atoms with Crippen LogP contribution in [-0.2, 0) is 11.2 Å². The number of ether oxygens (including phenoxy) is 1. The van der Waals surface area contributed by atoms with Gasteiger partial charge in [-0.3, -0.25) is 0 Å². The van der Waals surface area contributed by atoms with Crippen molar-refractivity contribution >= 4 is 15.9 Å². The van der Waals surface area contributed by atoms with Crippen LogP contribution in [0.25, 0.3) is 0 Å². The maximum absolute atomic E-state index is 13.1. The molecule has 2 rings (SSSR count). The van der Waals surface area contributed by atoms with Gasteiger partial charge in [-0.2, -0.15) is 0 Å². The van der Waals surface area contributed by atoms with E-state index < -0.39 is 0 Å². The van der Waals surface area contributed by atoms with Gasteiger partial charge in [0.15, 0.2) is 0 Å². The first-order valence-corrected chi connectivity index (χ1v) is 7.70. The van der Waals surface area contributed by atoms with E-state index in [-0.39, 0.29) is 5.82 Å². The van der Waals surface area contributed by atoms with E-state index in [9.17, 15) is 4.39 Å². The van der Waals surface area contributed by atoms with Crippen molar-refractivity contribution in [3.8, 4) is 0 Å². The molecule has 2 nitrogen and oxygen atoms in total. The molecule has 1 aromatic carbocycles. The van der Waals surface area contributed by atoms with Gasteiger partial charge in [0, 0.05) is 23.0 Å². The monoisotopic (exact) mass is 329 g/mol. The Morgan fingerprint density at radius 2 is 2.32 bits per heavy atom. The lowest BCUT2D eigenvalue weighted by Gasteiger charge is -2.27. The van der Waals surface area contributed by atoms with E-state index in [1.165, 1.54) is 12.1 Å². The molecule has 4 heteroatoms. The number of nitrogens with one attached hydrogen (secondary N) is 1. The number of likely N-dealkylation sites (N-methyl/N-ethyl adjacent to an activating group) is 1. The molecule has 0 aromatic heterocycles. The number of hydrogen-bond acceptors (Lipinski definition) is 2. The Kier molecular flexibility index (Phi) is 5.37. The van der Waals surface area contributed by atoms with Crippen LogP contribution in [0.15, 0.2) is 22.7 Å². The van der Waals surface area contributed by atoms with E-state index in [2.05, 4.69) is 35.1 Å². The van der Waals surface area contributed by atoms with Gasteiger partial charge in [-0.05, 0) is 44.0 Å². The summed E-state index contributed by atoms with van der Waals surface area (Å²) in [4.78, 5) is 0. The highest BCUT2D eigenvalue weighted by Crippen LogP contribution is 2.28. The topological polar surface area (TPSA) is 21.3 Å². The van der Waals surface area contributed by atoms with Crippen molar-refractivity contribution in [3.05, 3.63) is 34.1 Å². The van der Waals surface area contributed by atoms with E-state index in [0.29, 0.717) is 18.1 Å². The molecule has 3 unspecified atom stereocenters. The molecule has 19 heavy (non-hydrogen) atoms. The summed E-state index contributed by atoms with van der Waals surface area (Å²) in [6.07, 6.45) is 2.29. The molecule has 0 aliphatic carbocycles. The van der Waals surface area contributed by atoms with Gasteiger partial charge < -0.3 is 10.1 Å². The maximum atomic E-state index is 13.1. The third kappa shape index (κ3) is 3.77. The highest BCUT2D eigenvalue weighted by Gasteiger charge is 2.31. The SMILES string of the molecule is CCNC(Cc1ccc(F)cc1Br)C1CCOC1C. The molecule has 1 N–H and O–H groups in total. The van der Waals surface area contributed by atoms with E-state index in [0.717, 1.165) is 36.0 Å². The molecule has 0 spiro atoms. The van der Waals surface area contributed by atoms with Crippen molar-refractivity contribution in [2.75, 3.05) is 13.2 Å². The van der Waals surface area contributed by atoms with Crippen LogP contribution < -0.4 is 5.32 Å². The number of halogens is 2. The van der Waals surface area contributed by atoms with Gasteiger partial charge in [0.25, 0.3) is 0 Å². The van der Waals surface area contributed by atoms with Crippen LogP contribution >= 0.6 is 15.9 Å². The number of rotatable bonds is 5. The van der Waals surface area contributed by atoms with E-state index in [4.69, 9.17) is 4.74 Å². The minimum atomic E-state index is -0.201. The minimum absolute atomic E-state index is 0.201. The Bertz CT molecular complexity index is 427. The van der Waals surface area contributed by atoms with Gasteiger partial charge in [0.2, 0.25) is 0 Å². The van der Waals surface area contributed by atoms with Crippen molar-refractivity contribution in [1.82, 2.24) is 5.32 Å². The summed E-state index contributed by atoms with van der Waals surface area (Å²) in [5.74, 6) is 0.324. The Morgan fingerprint density at radius 3 is 2.89 bits per heavy atom. The standard InChI is InChI=1S/C15H21BrFNO/c1-3-18-15(13-6-7-19-10(13)2)8-11-4-5-12(17)9-14(11)16/h4-5,9-10,13,15,18H,3,6-8H2,1-2H3. The highest BCUT2D eigenvalue weighted by atomic mass is 79.9. The van der Waals surface area contributed by atoms with Crippen molar-refractivity contribution in [2.45, 2.75) is 38.8 Å². The quantitative estimate of drug-likeness (QED) is 0.892. The molecule has 3 atom stereocenters. The lowest BCUT2D eigenvalue weighted by atomic mass is 9.89. The van der Waals surface area contributed by atoms with Crippen molar-refractivity contribution in [3.63, 3.8) is 0 Å². The van der Waals surface area contributed by atoms with Crippen LogP contribution in [0.4, 0.5) is 4.39 Å². The van der Waals surface area contributed by atoms with Crippen LogP contribution in [-0.4, -0.2) is 25.3 Å². The molecule has 1 heterocycles. The summed E-state index contributed by atoms with van der Waals surface area (Å²) < 4.78 is 19.6. The second kappa shape index (κ2) is 6.82. The first-order valence-electron chi connectivity index (χ1n) is 6.90. The molecule has 0 radical (unpaired) electrons. The average Bonchev–Trinajstić information content (AvgIpc) is 2.78. The Morgan fingerprint density at radius 1 is 1.53 bits per heavy atom. The molecule has 0 saturated carbocycles. The fourth-order valence-corrected chi connectivity index (χ4v) is 3.35. The number of hydrogen-bond donors (Lipinski definition) is 1. The summed E-state index contributed by atoms with van der Waals surface area (Å²) in [5.41, 5.74) is 1.14. The largest absolute Gasteiger partial charge is 0.378 e. The second-order valence-electron chi connectivity index (χ2n) is 5.13. The van der Waals surface area contributed by atoms with Crippen molar-refractivity contribution in [2.24, 2.45) is 5.92 Å². The van der Waals surface area contributed by atoms with Crippen molar-refractivity contribution < 1.29 is 9.13 Å². The lowest BCUT2D eigenvalue weighted by molar-refractivity contribution is 0.0955. The van der Waals surface area contributed by atoms with Gasteiger partial charge in [-0.25, -0.2) is 4.39 Å². The predicted molar refractivity (Wildman–Crippen MR) is 78.8 cm³/mol. The fourth-order valence-electron chi connectivity index (χ4n) is 2.84. The molecule has 106 valence electrons.